The van der Waals surface area contributed by atoms with Crippen molar-refractivity contribution in [2.45, 2.75) is 13.0 Å². The predicted octanol–water partition coefficient (Wildman–Crippen LogP) is 4.14. The zero-order valence-electron chi connectivity index (χ0n) is 17.3. The molecule has 1 atom stereocenters. The number of thiazole rings is 1. The lowest BCUT2D eigenvalue weighted by atomic mass is 9.95. The minimum Gasteiger partial charge on any atom is -0.507 e. The number of methoxy groups -OCH3 is 1. The monoisotopic (exact) mass is 470 g/mol. The van der Waals surface area contributed by atoms with E-state index in [-0.39, 0.29) is 32.4 Å². The number of hydrogen-bond acceptors (Lipinski definition) is 7. The molecular formula is C23H16F2N2O5S. The molecule has 7 nitrogen and oxygen atoms in total. The molecule has 1 aliphatic heterocycles. The van der Waals surface area contributed by atoms with Gasteiger partial charge in [0.2, 0.25) is 0 Å². The predicted molar refractivity (Wildman–Crippen MR) is 116 cm³/mol. The lowest BCUT2D eigenvalue weighted by molar-refractivity contribution is -0.132. The third-order valence-corrected chi connectivity index (χ3v) is 6.26. The maximum absolute atomic E-state index is 14.8. The van der Waals surface area contributed by atoms with Gasteiger partial charge < -0.3 is 9.84 Å². The van der Waals surface area contributed by atoms with E-state index in [0.29, 0.717) is 0 Å². The van der Waals surface area contributed by atoms with Crippen LogP contribution >= 0.6 is 11.3 Å². The molecule has 0 unspecified atom stereocenters. The Bertz CT molecular complexity index is 1320. The Morgan fingerprint density at radius 2 is 1.79 bits per heavy atom. The van der Waals surface area contributed by atoms with Gasteiger partial charge in [-0.15, -0.1) is 0 Å². The van der Waals surface area contributed by atoms with Crippen LogP contribution in [0, 0.1) is 18.6 Å². The van der Waals surface area contributed by atoms with Crippen molar-refractivity contribution in [3.8, 4) is 0 Å². The van der Waals surface area contributed by atoms with Gasteiger partial charge >= 0.3 is 11.9 Å². The first-order chi connectivity index (χ1) is 15.7. The van der Waals surface area contributed by atoms with Gasteiger partial charge in [0.05, 0.1) is 18.4 Å². The SMILES string of the molecule is COC(=O)c1sc(N2C(=O)C(=O)/C(=C(/O)c3ccc(F)cc3)[C@H]2c2ccccc2F)nc1C. The highest BCUT2D eigenvalue weighted by Gasteiger charge is 2.49. The van der Waals surface area contributed by atoms with Crippen LogP contribution in [0.3, 0.4) is 0 Å². The normalized spacial score (nSPS) is 17.5. The van der Waals surface area contributed by atoms with E-state index in [4.69, 9.17) is 4.74 Å². The fourth-order valence-corrected chi connectivity index (χ4v) is 4.56. The average Bonchev–Trinajstić information content (AvgIpc) is 3.30. The first kappa shape index (κ1) is 22.3. The number of aryl methyl sites for hydroxylation is 1. The Kier molecular flexibility index (Phi) is 5.77. The van der Waals surface area contributed by atoms with E-state index in [1.807, 2.05) is 0 Å². The largest absolute Gasteiger partial charge is 0.507 e. The van der Waals surface area contributed by atoms with Crippen molar-refractivity contribution >= 4 is 39.9 Å². The number of carbonyl (C=O) groups excluding carboxylic acids is 3. The van der Waals surface area contributed by atoms with Crippen LogP contribution in [0.1, 0.15) is 32.5 Å². The lowest BCUT2D eigenvalue weighted by Crippen LogP contribution is -2.29. The molecule has 1 N–H and O–H groups in total. The summed E-state index contributed by atoms with van der Waals surface area (Å²) >= 11 is 0.802. The smallest absolute Gasteiger partial charge is 0.350 e. The van der Waals surface area contributed by atoms with Crippen LogP contribution in [0.2, 0.25) is 0 Å². The highest BCUT2D eigenvalue weighted by Crippen LogP contribution is 2.44. The van der Waals surface area contributed by atoms with Crippen molar-refractivity contribution in [3.05, 3.63) is 87.4 Å². The third kappa shape index (κ3) is 3.78. The number of benzene rings is 2. The van der Waals surface area contributed by atoms with E-state index in [1.165, 1.54) is 44.4 Å². The number of halogens is 2. The highest BCUT2D eigenvalue weighted by atomic mass is 32.1. The summed E-state index contributed by atoms with van der Waals surface area (Å²) in [4.78, 5) is 43.4. The molecule has 0 bridgehead atoms. The van der Waals surface area contributed by atoms with Crippen LogP contribution in [0.4, 0.5) is 13.9 Å². The summed E-state index contributed by atoms with van der Waals surface area (Å²) in [6, 6.07) is 8.74. The van der Waals surface area contributed by atoms with Gasteiger partial charge in [-0.25, -0.2) is 18.6 Å². The first-order valence-electron chi connectivity index (χ1n) is 9.61. The number of anilines is 1. The number of rotatable bonds is 4. The van der Waals surface area contributed by atoms with Gasteiger partial charge in [-0.2, -0.15) is 0 Å². The van der Waals surface area contributed by atoms with E-state index < -0.39 is 41.1 Å². The number of aromatic nitrogens is 1. The second kappa shape index (κ2) is 8.55. The maximum Gasteiger partial charge on any atom is 0.350 e. The molecule has 1 aromatic heterocycles. The summed E-state index contributed by atoms with van der Waals surface area (Å²) in [5, 5.41) is 10.9. The Morgan fingerprint density at radius 3 is 2.42 bits per heavy atom. The quantitative estimate of drug-likeness (QED) is 0.266. The molecule has 3 aromatic rings. The molecule has 10 heteroatoms. The average molecular weight is 470 g/mol. The second-order valence-electron chi connectivity index (χ2n) is 7.10. The number of carbonyl (C=O) groups is 3. The molecule has 33 heavy (non-hydrogen) atoms. The van der Waals surface area contributed by atoms with Crippen LogP contribution in [0.5, 0.6) is 0 Å². The van der Waals surface area contributed by atoms with E-state index in [0.717, 1.165) is 34.4 Å². The van der Waals surface area contributed by atoms with E-state index in [9.17, 15) is 28.3 Å². The zero-order chi connectivity index (χ0) is 23.9. The minimum atomic E-state index is -1.37. The van der Waals surface area contributed by atoms with Gasteiger partial charge in [0.25, 0.3) is 5.78 Å². The standard InChI is InChI=1S/C23H16F2N2O5S/c1-11-20(22(31)32-2)33-23(26-11)27-17(14-5-3-4-6-15(14)25)16(19(29)21(27)30)18(28)12-7-9-13(24)10-8-12/h3-10,17,28H,1-2H3/b18-16+/t17-/m1/s1. The van der Waals surface area contributed by atoms with E-state index >= 15 is 0 Å². The van der Waals surface area contributed by atoms with Crippen LogP contribution in [-0.4, -0.2) is 34.9 Å². The summed E-state index contributed by atoms with van der Waals surface area (Å²) in [6.07, 6.45) is 0. The Hall–Kier alpha value is -3.92. The molecule has 4 rings (SSSR count). The number of amides is 1. The van der Waals surface area contributed by atoms with Gasteiger partial charge in [-0.3, -0.25) is 14.5 Å². The molecule has 2 heterocycles. The first-order valence-corrected chi connectivity index (χ1v) is 10.4. The Labute approximate surface area is 190 Å². The van der Waals surface area contributed by atoms with Crippen molar-refractivity contribution in [1.82, 2.24) is 4.98 Å². The van der Waals surface area contributed by atoms with Crippen molar-refractivity contribution in [2.75, 3.05) is 12.0 Å². The van der Waals surface area contributed by atoms with Gasteiger partial charge in [-0.1, -0.05) is 29.5 Å². The zero-order valence-corrected chi connectivity index (χ0v) is 18.2. The summed E-state index contributed by atoms with van der Waals surface area (Å²) < 4.78 is 32.9. The van der Waals surface area contributed by atoms with Crippen LogP contribution < -0.4 is 4.90 Å². The van der Waals surface area contributed by atoms with Crippen LogP contribution in [0.15, 0.2) is 54.1 Å². The van der Waals surface area contributed by atoms with Crippen molar-refractivity contribution in [2.24, 2.45) is 0 Å². The lowest BCUT2D eigenvalue weighted by Gasteiger charge is -2.23. The summed E-state index contributed by atoms with van der Waals surface area (Å²) in [5.74, 6) is -4.69. The second-order valence-corrected chi connectivity index (χ2v) is 8.08. The molecule has 2 aromatic carbocycles. The number of ether oxygens (including phenoxy) is 1. The van der Waals surface area contributed by atoms with Crippen LogP contribution in [0.25, 0.3) is 5.76 Å². The van der Waals surface area contributed by atoms with Gasteiger partial charge in [0.15, 0.2) is 5.13 Å². The molecule has 168 valence electrons. The maximum atomic E-state index is 14.8. The van der Waals surface area contributed by atoms with E-state index in [1.54, 1.807) is 0 Å². The van der Waals surface area contributed by atoms with Crippen molar-refractivity contribution in [1.29, 1.82) is 0 Å². The van der Waals surface area contributed by atoms with Crippen molar-refractivity contribution in [3.63, 3.8) is 0 Å². The number of aliphatic hydroxyl groups excluding tert-OH is 1. The molecule has 0 radical (unpaired) electrons. The summed E-state index contributed by atoms with van der Waals surface area (Å²) in [6.45, 7) is 1.53. The highest BCUT2D eigenvalue weighted by molar-refractivity contribution is 7.17. The van der Waals surface area contributed by atoms with Gasteiger partial charge in [0, 0.05) is 11.1 Å². The fraction of sp³-hybridized carbons (Fsp3) is 0.130. The minimum absolute atomic E-state index is 0.0404. The molecule has 1 aliphatic rings. The fourth-order valence-electron chi connectivity index (χ4n) is 3.55. The number of Topliss-reactive ketones (excluding diaryl/α,β-unsaturated/α-hetero) is 1. The number of ketones is 1. The topological polar surface area (TPSA) is 96.8 Å². The molecule has 1 fully saturated rings. The molecule has 0 spiro atoms. The number of aliphatic hydroxyl groups is 1. The molecule has 1 saturated heterocycles. The third-order valence-electron chi connectivity index (χ3n) is 5.12. The molecule has 1 amide bonds. The molecular weight excluding hydrogens is 454 g/mol. The number of nitrogens with zero attached hydrogens (tertiary/aromatic N) is 2. The number of esters is 1. The Morgan fingerprint density at radius 1 is 1.12 bits per heavy atom. The van der Waals surface area contributed by atoms with Gasteiger partial charge in [-0.05, 0) is 37.3 Å². The van der Waals surface area contributed by atoms with Crippen LogP contribution in [-0.2, 0) is 14.3 Å². The number of hydrogen-bond donors (Lipinski definition) is 1. The summed E-state index contributed by atoms with van der Waals surface area (Å²) in [7, 11) is 1.19. The summed E-state index contributed by atoms with van der Waals surface area (Å²) in [5.41, 5.74) is -0.118. The van der Waals surface area contributed by atoms with Crippen molar-refractivity contribution < 1.29 is 33.0 Å². The Balaban J connectivity index is 1.95. The molecule has 0 saturated carbocycles. The van der Waals surface area contributed by atoms with E-state index in [2.05, 4.69) is 4.98 Å². The molecule has 0 aliphatic carbocycles. The van der Waals surface area contributed by atoms with Gasteiger partial charge in [0.1, 0.15) is 28.3 Å².